The first kappa shape index (κ1) is 23.4. The first-order chi connectivity index (χ1) is 11.5. The summed E-state index contributed by atoms with van der Waals surface area (Å²) in [5.74, 6) is 0.0712. The molecule has 0 heterocycles. The predicted molar refractivity (Wildman–Crippen MR) is 104 cm³/mol. The predicted octanol–water partition coefficient (Wildman–Crippen LogP) is 6.21. The largest absolute Gasteiger partial charge is 0.328 e. The first-order valence-corrected chi connectivity index (χ1v) is 11.5. The Hall–Kier alpha value is -0.580. The summed E-state index contributed by atoms with van der Waals surface area (Å²) in [7, 11) is -3.48. The minimum Gasteiger partial charge on any atom is -0.269 e. The molecule has 0 aliphatic carbocycles. The van der Waals surface area contributed by atoms with E-state index in [0.717, 1.165) is 12.8 Å². The first-order valence-electron chi connectivity index (χ1n) is 9.90. The van der Waals surface area contributed by atoms with Crippen LogP contribution in [-0.2, 0) is 14.4 Å². The van der Waals surface area contributed by atoms with Crippen molar-refractivity contribution in [3.63, 3.8) is 0 Å². The lowest BCUT2D eigenvalue weighted by Crippen LogP contribution is -2.08. The Balaban J connectivity index is 3.29. The van der Waals surface area contributed by atoms with E-state index in [1.807, 2.05) is 0 Å². The number of nitrogens with zero attached hydrogens (tertiary/aromatic N) is 1. The standard InChI is InChI=1S/C19H39NO3S/c1-4-5-6-7-8-9-10-11-12-13-14-15-16-17-18-24(21,22)23-20-19(2)3/h4-18H2,1-3H3. The molecular weight excluding hydrogens is 322 g/mol. The van der Waals surface area contributed by atoms with Crippen molar-refractivity contribution in [1.82, 2.24) is 0 Å². The Labute approximate surface area is 150 Å². The van der Waals surface area contributed by atoms with Crippen molar-refractivity contribution in [2.75, 3.05) is 5.75 Å². The molecule has 0 bridgehead atoms. The van der Waals surface area contributed by atoms with E-state index in [0.29, 0.717) is 12.1 Å². The maximum absolute atomic E-state index is 11.5. The fourth-order valence-corrected chi connectivity index (χ4v) is 3.54. The molecule has 0 unspecified atom stereocenters. The van der Waals surface area contributed by atoms with Crippen LogP contribution in [0.3, 0.4) is 0 Å². The van der Waals surface area contributed by atoms with Gasteiger partial charge in [0, 0.05) is 0 Å². The van der Waals surface area contributed by atoms with Crippen LogP contribution in [0.15, 0.2) is 5.16 Å². The number of hydrogen-bond acceptors (Lipinski definition) is 4. The van der Waals surface area contributed by atoms with Crippen LogP contribution in [0.25, 0.3) is 0 Å². The number of rotatable bonds is 17. The molecule has 0 saturated carbocycles. The third-order valence-corrected chi connectivity index (χ3v) is 5.17. The lowest BCUT2D eigenvalue weighted by Gasteiger charge is -2.04. The molecule has 0 spiro atoms. The van der Waals surface area contributed by atoms with E-state index in [4.69, 9.17) is 0 Å². The Morgan fingerprint density at radius 3 is 1.46 bits per heavy atom. The second-order valence-corrected chi connectivity index (χ2v) is 8.64. The molecular formula is C19H39NO3S. The van der Waals surface area contributed by atoms with Gasteiger partial charge in [-0.3, -0.25) is 4.28 Å². The Kier molecular flexibility index (Phi) is 15.5. The smallest absolute Gasteiger partial charge is 0.269 e. The molecule has 0 fully saturated rings. The summed E-state index contributed by atoms with van der Waals surface area (Å²) in [4.78, 5) is 0. The van der Waals surface area contributed by atoms with Crippen molar-refractivity contribution in [2.24, 2.45) is 5.16 Å². The van der Waals surface area contributed by atoms with Gasteiger partial charge in [-0.1, -0.05) is 95.6 Å². The second kappa shape index (κ2) is 15.9. The Morgan fingerprint density at radius 2 is 1.08 bits per heavy atom. The van der Waals surface area contributed by atoms with E-state index in [1.54, 1.807) is 13.8 Å². The zero-order chi connectivity index (χ0) is 18.1. The summed E-state index contributed by atoms with van der Waals surface area (Å²) in [5, 5.41) is 3.51. The summed E-state index contributed by atoms with van der Waals surface area (Å²) in [6.07, 6.45) is 17.6. The molecule has 0 saturated heterocycles. The highest BCUT2D eigenvalue weighted by Gasteiger charge is 2.10. The van der Waals surface area contributed by atoms with Gasteiger partial charge in [-0.15, -0.1) is 0 Å². The summed E-state index contributed by atoms with van der Waals surface area (Å²) in [6.45, 7) is 5.68. The summed E-state index contributed by atoms with van der Waals surface area (Å²) in [6, 6.07) is 0. The Bertz CT molecular complexity index is 401. The highest BCUT2D eigenvalue weighted by atomic mass is 32.2. The van der Waals surface area contributed by atoms with Crippen LogP contribution >= 0.6 is 0 Å². The average molecular weight is 362 g/mol. The lowest BCUT2D eigenvalue weighted by molar-refractivity contribution is 0.337. The maximum Gasteiger partial charge on any atom is 0.328 e. The highest BCUT2D eigenvalue weighted by molar-refractivity contribution is 7.86. The van der Waals surface area contributed by atoms with E-state index in [2.05, 4.69) is 16.4 Å². The number of unbranched alkanes of at least 4 members (excludes halogenated alkanes) is 13. The average Bonchev–Trinajstić information content (AvgIpc) is 2.53. The molecule has 0 aromatic carbocycles. The maximum atomic E-state index is 11.5. The van der Waals surface area contributed by atoms with Crippen LogP contribution in [0.2, 0.25) is 0 Å². The SMILES string of the molecule is CCCCCCCCCCCCCCCCS(=O)(=O)ON=C(C)C. The minimum atomic E-state index is -3.48. The Morgan fingerprint density at radius 1 is 0.708 bits per heavy atom. The van der Waals surface area contributed by atoms with Gasteiger partial charge in [-0.05, 0) is 20.3 Å². The third kappa shape index (κ3) is 17.8. The second-order valence-electron chi connectivity index (χ2n) is 6.97. The van der Waals surface area contributed by atoms with E-state index < -0.39 is 10.1 Å². The molecule has 4 nitrogen and oxygen atoms in total. The molecule has 0 rings (SSSR count). The number of hydrogen-bond donors (Lipinski definition) is 0. The van der Waals surface area contributed by atoms with E-state index in [-0.39, 0.29) is 5.75 Å². The quantitative estimate of drug-likeness (QED) is 0.176. The molecule has 0 N–H and O–H groups in total. The van der Waals surface area contributed by atoms with Gasteiger partial charge in [0.15, 0.2) is 0 Å². The van der Waals surface area contributed by atoms with Crippen LogP contribution in [-0.4, -0.2) is 19.9 Å². The van der Waals surface area contributed by atoms with Gasteiger partial charge in [-0.2, -0.15) is 8.42 Å². The summed E-state index contributed by atoms with van der Waals surface area (Å²) < 4.78 is 27.6. The highest BCUT2D eigenvalue weighted by Crippen LogP contribution is 2.13. The van der Waals surface area contributed by atoms with E-state index >= 15 is 0 Å². The zero-order valence-corrected chi connectivity index (χ0v) is 17.0. The van der Waals surface area contributed by atoms with Gasteiger partial charge in [-0.25, -0.2) is 0 Å². The fourth-order valence-electron chi connectivity index (χ4n) is 2.64. The minimum absolute atomic E-state index is 0.0712. The van der Waals surface area contributed by atoms with Crippen LogP contribution in [0.4, 0.5) is 0 Å². The summed E-state index contributed by atoms with van der Waals surface area (Å²) in [5.41, 5.74) is 0.611. The normalized spacial score (nSPS) is 11.5. The molecule has 0 aromatic heterocycles. The molecule has 24 heavy (non-hydrogen) atoms. The fraction of sp³-hybridized carbons (Fsp3) is 0.947. The van der Waals surface area contributed by atoms with Crippen molar-refractivity contribution >= 4 is 15.8 Å². The molecule has 144 valence electrons. The van der Waals surface area contributed by atoms with E-state index in [1.165, 1.54) is 70.6 Å². The molecule has 0 radical (unpaired) electrons. The monoisotopic (exact) mass is 361 g/mol. The van der Waals surface area contributed by atoms with Crippen LogP contribution in [0.1, 0.15) is 111 Å². The zero-order valence-electron chi connectivity index (χ0n) is 16.2. The van der Waals surface area contributed by atoms with Gasteiger partial charge in [0.25, 0.3) is 0 Å². The van der Waals surface area contributed by atoms with Crippen molar-refractivity contribution in [3.8, 4) is 0 Å². The molecule has 5 heteroatoms. The van der Waals surface area contributed by atoms with Gasteiger partial charge in [0.2, 0.25) is 0 Å². The van der Waals surface area contributed by atoms with Crippen molar-refractivity contribution < 1.29 is 12.7 Å². The molecule has 0 aromatic rings. The van der Waals surface area contributed by atoms with Gasteiger partial charge in [0.05, 0.1) is 11.5 Å². The van der Waals surface area contributed by atoms with Crippen molar-refractivity contribution in [3.05, 3.63) is 0 Å². The van der Waals surface area contributed by atoms with Crippen LogP contribution in [0.5, 0.6) is 0 Å². The van der Waals surface area contributed by atoms with Crippen LogP contribution < -0.4 is 0 Å². The van der Waals surface area contributed by atoms with Crippen molar-refractivity contribution in [1.29, 1.82) is 0 Å². The third-order valence-electron chi connectivity index (χ3n) is 4.08. The molecule has 0 aliphatic heterocycles. The van der Waals surface area contributed by atoms with Crippen molar-refractivity contribution in [2.45, 2.75) is 111 Å². The molecule has 0 aliphatic rings. The van der Waals surface area contributed by atoms with E-state index in [9.17, 15) is 8.42 Å². The van der Waals surface area contributed by atoms with Gasteiger partial charge < -0.3 is 0 Å². The van der Waals surface area contributed by atoms with Gasteiger partial charge in [0.1, 0.15) is 0 Å². The van der Waals surface area contributed by atoms with Crippen LogP contribution in [0, 0.1) is 0 Å². The van der Waals surface area contributed by atoms with Gasteiger partial charge >= 0.3 is 10.1 Å². The molecule has 0 atom stereocenters. The lowest BCUT2D eigenvalue weighted by atomic mass is 10.0. The summed E-state index contributed by atoms with van der Waals surface area (Å²) >= 11 is 0. The topological polar surface area (TPSA) is 55.7 Å². The number of oxime groups is 1. The molecule has 0 amide bonds.